The highest BCUT2D eigenvalue weighted by atomic mass is 32.1. The van der Waals surface area contributed by atoms with Crippen molar-refractivity contribution < 1.29 is 9.90 Å². The van der Waals surface area contributed by atoms with Gasteiger partial charge >= 0.3 is 0 Å². The minimum absolute atomic E-state index is 0.0374. The van der Waals surface area contributed by atoms with E-state index in [0.29, 0.717) is 16.6 Å². The molecule has 3 rings (SSSR count). The Hall–Kier alpha value is -1.88. The van der Waals surface area contributed by atoms with E-state index in [-0.39, 0.29) is 22.8 Å². The summed E-state index contributed by atoms with van der Waals surface area (Å²) in [5, 5.41) is 14.6. The molecule has 0 bridgehead atoms. The second-order valence-electron chi connectivity index (χ2n) is 10.4. The first-order chi connectivity index (χ1) is 13.4. The molecule has 1 heterocycles. The molecule has 0 spiro atoms. The van der Waals surface area contributed by atoms with Crippen LogP contribution < -0.4 is 5.32 Å². The zero-order valence-electron chi connectivity index (χ0n) is 18.6. The monoisotopic (exact) mass is 414 g/mol. The zero-order valence-corrected chi connectivity index (χ0v) is 19.4. The van der Waals surface area contributed by atoms with Crippen LogP contribution in [-0.2, 0) is 15.6 Å². The molecule has 158 valence electrons. The highest BCUT2D eigenvalue weighted by molar-refractivity contribution is 7.80. The molecule has 1 aromatic rings. The van der Waals surface area contributed by atoms with Crippen LogP contribution in [0.3, 0.4) is 0 Å². The van der Waals surface area contributed by atoms with Gasteiger partial charge in [0.2, 0.25) is 0 Å². The van der Waals surface area contributed by atoms with Gasteiger partial charge in [0.15, 0.2) is 5.11 Å². The molecule has 0 atom stereocenters. The van der Waals surface area contributed by atoms with E-state index in [1.54, 1.807) is 4.90 Å². The van der Waals surface area contributed by atoms with E-state index in [0.717, 1.165) is 42.4 Å². The van der Waals surface area contributed by atoms with Crippen molar-refractivity contribution in [3.63, 3.8) is 0 Å². The molecule has 5 heteroatoms. The maximum atomic E-state index is 13.1. The van der Waals surface area contributed by atoms with Gasteiger partial charge in [0.25, 0.3) is 5.91 Å². The molecule has 0 aromatic heterocycles. The second-order valence-corrected chi connectivity index (χ2v) is 10.8. The fraction of sp³-hybridized carbons (Fsp3) is 0.583. The lowest BCUT2D eigenvalue weighted by Gasteiger charge is -2.29. The molecule has 1 aliphatic heterocycles. The molecule has 0 radical (unpaired) electrons. The lowest BCUT2D eigenvalue weighted by Crippen LogP contribution is -2.41. The Morgan fingerprint density at radius 1 is 1.03 bits per heavy atom. The maximum absolute atomic E-state index is 13.1. The molecule has 1 amide bonds. The Morgan fingerprint density at radius 2 is 1.55 bits per heavy atom. The van der Waals surface area contributed by atoms with Gasteiger partial charge in [-0.05, 0) is 59.7 Å². The molecule has 1 aromatic carbocycles. The molecule has 2 aliphatic rings. The normalized spacial score (nSPS) is 20.5. The van der Waals surface area contributed by atoms with Crippen LogP contribution in [0.15, 0.2) is 17.8 Å². The average molecular weight is 415 g/mol. The predicted molar refractivity (Wildman–Crippen MR) is 123 cm³/mol. The first-order valence-corrected chi connectivity index (χ1v) is 11.0. The van der Waals surface area contributed by atoms with E-state index < -0.39 is 0 Å². The van der Waals surface area contributed by atoms with Crippen molar-refractivity contribution in [1.29, 1.82) is 0 Å². The highest BCUT2D eigenvalue weighted by Gasteiger charge is 2.36. The van der Waals surface area contributed by atoms with E-state index in [4.69, 9.17) is 12.2 Å². The summed E-state index contributed by atoms with van der Waals surface area (Å²) in [6.07, 6.45) is 7.45. The van der Waals surface area contributed by atoms with Gasteiger partial charge in [0, 0.05) is 17.2 Å². The first kappa shape index (κ1) is 21.8. The summed E-state index contributed by atoms with van der Waals surface area (Å²) in [7, 11) is 0. The Kier molecular flexibility index (Phi) is 5.83. The van der Waals surface area contributed by atoms with Gasteiger partial charge in [-0.15, -0.1) is 0 Å². The second kappa shape index (κ2) is 7.75. The SMILES string of the molecule is CC(C)(C)c1cc(C=C2NC(=S)N(C3CCCCC3)C2=O)cc(C(C)(C)C)c1O. The molecule has 0 unspecified atom stereocenters. The van der Waals surface area contributed by atoms with E-state index in [2.05, 4.69) is 46.9 Å². The summed E-state index contributed by atoms with van der Waals surface area (Å²) < 4.78 is 0. The van der Waals surface area contributed by atoms with Gasteiger partial charge in [0.05, 0.1) is 0 Å². The fourth-order valence-electron chi connectivity index (χ4n) is 4.27. The molecule has 1 aliphatic carbocycles. The van der Waals surface area contributed by atoms with E-state index in [1.807, 2.05) is 18.2 Å². The van der Waals surface area contributed by atoms with Crippen molar-refractivity contribution in [3.8, 4) is 5.75 Å². The van der Waals surface area contributed by atoms with Crippen molar-refractivity contribution in [1.82, 2.24) is 10.2 Å². The van der Waals surface area contributed by atoms with Crippen LogP contribution in [0, 0.1) is 0 Å². The Balaban J connectivity index is 2.01. The van der Waals surface area contributed by atoms with Gasteiger partial charge in [-0.25, -0.2) is 0 Å². The van der Waals surface area contributed by atoms with Crippen LogP contribution in [0.2, 0.25) is 0 Å². The largest absolute Gasteiger partial charge is 0.507 e. The third-order valence-electron chi connectivity index (χ3n) is 5.91. The van der Waals surface area contributed by atoms with Crippen LogP contribution in [0.25, 0.3) is 6.08 Å². The van der Waals surface area contributed by atoms with Gasteiger partial charge in [-0.1, -0.05) is 60.8 Å². The lowest BCUT2D eigenvalue weighted by molar-refractivity contribution is -0.124. The summed E-state index contributed by atoms with van der Waals surface area (Å²) in [5.41, 5.74) is 2.76. The quantitative estimate of drug-likeness (QED) is 0.504. The number of carbonyl (C=O) groups is 1. The first-order valence-electron chi connectivity index (χ1n) is 10.6. The summed E-state index contributed by atoms with van der Waals surface area (Å²) in [4.78, 5) is 14.9. The van der Waals surface area contributed by atoms with Gasteiger partial charge in [-0.3, -0.25) is 9.69 Å². The number of rotatable bonds is 2. The van der Waals surface area contributed by atoms with Crippen molar-refractivity contribution in [2.45, 2.75) is 90.5 Å². The zero-order chi connectivity index (χ0) is 21.6. The number of phenols is 1. The Bertz CT molecular complexity index is 818. The van der Waals surface area contributed by atoms with Crippen LogP contribution in [-0.4, -0.2) is 27.1 Å². The van der Waals surface area contributed by atoms with Crippen molar-refractivity contribution in [2.75, 3.05) is 0 Å². The summed E-state index contributed by atoms with van der Waals surface area (Å²) in [5.74, 6) is 0.307. The van der Waals surface area contributed by atoms with Gasteiger partial charge in [-0.2, -0.15) is 0 Å². The number of carbonyl (C=O) groups excluding carboxylic acids is 1. The number of benzene rings is 1. The number of aromatic hydroxyl groups is 1. The Labute approximate surface area is 180 Å². The number of amides is 1. The van der Waals surface area contributed by atoms with Crippen molar-refractivity contribution in [3.05, 3.63) is 34.5 Å². The standard InChI is InChI=1S/C24H34N2O2S/c1-23(2,3)17-12-15(13-18(20(17)27)24(4,5)6)14-19-21(28)26(22(29)25-19)16-10-8-7-9-11-16/h12-14,16,27H,7-11H2,1-6H3,(H,25,29). The van der Waals surface area contributed by atoms with E-state index in [1.165, 1.54) is 6.42 Å². The molecule has 1 saturated carbocycles. The smallest absolute Gasteiger partial charge is 0.276 e. The minimum atomic E-state index is -0.213. The number of nitrogens with one attached hydrogen (secondary N) is 1. The molecular weight excluding hydrogens is 380 g/mol. The molecule has 2 fully saturated rings. The van der Waals surface area contributed by atoms with Gasteiger partial charge in [0.1, 0.15) is 11.4 Å². The third kappa shape index (κ3) is 4.50. The highest BCUT2D eigenvalue weighted by Crippen LogP contribution is 2.40. The fourth-order valence-corrected chi connectivity index (χ4v) is 4.61. The minimum Gasteiger partial charge on any atom is -0.507 e. The number of hydrogen-bond acceptors (Lipinski definition) is 3. The van der Waals surface area contributed by atoms with Crippen LogP contribution in [0.1, 0.15) is 90.3 Å². The summed E-state index contributed by atoms with van der Waals surface area (Å²) in [6, 6.07) is 4.18. The molecule has 1 saturated heterocycles. The Morgan fingerprint density at radius 3 is 2.03 bits per heavy atom. The average Bonchev–Trinajstić information content (AvgIpc) is 2.88. The van der Waals surface area contributed by atoms with Crippen molar-refractivity contribution >= 4 is 29.3 Å². The van der Waals surface area contributed by atoms with Crippen LogP contribution in [0.4, 0.5) is 0 Å². The number of hydrogen-bond donors (Lipinski definition) is 2. The van der Waals surface area contributed by atoms with E-state index in [9.17, 15) is 9.90 Å². The number of thiocarbonyl (C=S) groups is 1. The summed E-state index contributed by atoms with van der Waals surface area (Å²) in [6.45, 7) is 12.5. The molecular formula is C24H34N2O2S. The maximum Gasteiger partial charge on any atom is 0.276 e. The topological polar surface area (TPSA) is 52.6 Å². The number of nitrogens with zero attached hydrogens (tertiary/aromatic N) is 1. The predicted octanol–water partition coefficient (Wildman–Crippen LogP) is 5.38. The van der Waals surface area contributed by atoms with Gasteiger partial charge < -0.3 is 10.4 Å². The van der Waals surface area contributed by atoms with Crippen LogP contribution in [0.5, 0.6) is 5.75 Å². The van der Waals surface area contributed by atoms with E-state index >= 15 is 0 Å². The molecule has 4 nitrogen and oxygen atoms in total. The van der Waals surface area contributed by atoms with Crippen LogP contribution >= 0.6 is 12.2 Å². The lowest BCUT2D eigenvalue weighted by atomic mass is 9.78. The summed E-state index contributed by atoms with van der Waals surface area (Å²) >= 11 is 5.50. The number of phenolic OH excluding ortho intramolecular Hbond substituents is 1. The van der Waals surface area contributed by atoms with Crippen molar-refractivity contribution in [2.24, 2.45) is 0 Å². The molecule has 29 heavy (non-hydrogen) atoms. The molecule has 2 N–H and O–H groups in total. The third-order valence-corrected chi connectivity index (χ3v) is 6.21.